The number of rotatable bonds is 3. The molecule has 1 aliphatic carbocycles. The molecular weight excluding hydrogens is 338 g/mol. The molecule has 0 spiro atoms. The van der Waals surface area contributed by atoms with E-state index in [0.717, 1.165) is 13.1 Å². The summed E-state index contributed by atoms with van der Waals surface area (Å²) in [5.74, 6) is -0.296. The lowest BCUT2D eigenvalue weighted by molar-refractivity contribution is 0.0294. The largest absolute Gasteiger partial charge is 0.311 e. The van der Waals surface area contributed by atoms with Crippen LogP contribution in [0.1, 0.15) is 32.3 Å². The van der Waals surface area contributed by atoms with Gasteiger partial charge in [0.15, 0.2) is 0 Å². The molecule has 1 N–H and O–H groups in total. The van der Waals surface area contributed by atoms with Crippen LogP contribution in [-0.4, -0.2) is 29.6 Å². The van der Waals surface area contributed by atoms with Crippen LogP contribution in [0.4, 0.5) is 8.78 Å². The van der Waals surface area contributed by atoms with Gasteiger partial charge >= 0.3 is 0 Å². The fourth-order valence-electron chi connectivity index (χ4n) is 3.35. The maximum atomic E-state index is 14.3. The number of hydrogen-bond acceptors (Lipinski definition) is 2. The first-order chi connectivity index (χ1) is 9.91. The lowest BCUT2D eigenvalue weighted by Crippen LogP contribution is -2.63. The van der Waals surface area contributed by atoms with E-state index in [1.165, 1.54) is 25.0 Å². The lowest BCUT2D eigenvalue weighted by atomic mass is 9.89. The lowest BCUT2D eigenvalue weighted by Gasteiger charge is -2.48. The average Bonchev–Trinajstić information content (AvgIpc) is 3.28. The number of nitrogens with zero attached hydrogens (tertiary/aromatic N) is 1. The summed E-state index contributed by atoms with van der Waals surface area (Å²) in [7, 11) is 0. The van der Waals surface area contributed by atoms with Crippen LogP contribution in [-0.2, 0) is 6.54 Å². The van der Waals surface area contributed by atoms with Crippen LogP contribution >= 0.6 is 15.9 Å². The van der Waals surface area contributed by atoms with Crippen molar-refractivity contribution in [2.45, 2.75) is 44.8 Å². The molecule has 0 aromatic heterocycles. The van der Waals surface area contributed by atoms with Crippen LogP contribution in [0, 0.1) is 17.6 Å². The Kier molecular flexibility index (Phi) is 4.10. The van der Waals surface area contributed by atoms with Gasteiger partial charge in [-0.1, -0.05) is 0 Å². The fraction of sp³-hybridized carbons (Fsp3) is 0.625. The highest BCUT2D eigenvalue weighted by Gasteiger charge is 2.47. The Morgan fingerprint density at radius 2 is 2.10 bits per heavy atom. The second kappa shape index (κ2) is 5.60. The third kappa shape index (κ3) is 2.88. The van der Waals surface area contributed by atoms with Crippen LogP contribution in [0.3, 0.4) is 0 Å². The standard InChI is InChI=1S/C16H21BrF2N2/c1-10-7-21(16(2,9-20-10)11-3-4-11)8-12-14(18)6-5-13(17)15(12)19/h5-6,10-11,20H,3-4,7-9H2,1-2H3. The van der Waals surface area contributed by atoms with E-state index in [2.05, 4.69) is 40.0 Å². The Hall–Kier alpha value is -0.520. The predicted octanol–water partition coefficient (Wildman–Crippen LogP) is 3.69. The van der Waals surface area contributed by atoms with Gasteiger partial charge in [0, 0.05) is 36.8 Å². The summed E-state index contributed by atoms with van der Waals surface area (Å²) in [6.45, 7) is 6.37. The highest BCUT2D eigenvalue weighted by molar-refractivity contribution is 9.10. The number of benzene rings is 1. The van der Waals surface area contributed by atoms with Crippen LogP contribution in [0.15, 0.2) is 16.6 Å². The van der Waals surface area contributed by atoms with E-state index in [1.54, 1.807) is 0 Å². The quantitative estimate of drug-likeness (QED) is 0.829. The molecule has 1 heterocycles. The van der Waals surface area contributed by atoms with Gasteiger partial charge in [-0.2, -0.15) is 0 Å². The highest BCUT2D eigenvalue weighted by atomic mass is 79.9. The summed E-state index contributed by atoms with van der Waals surface area (Å²) >= 11 is 3.15. The van der Waals surface area contributed by atoms with Crippen LogP contribution in [0.5, 0.6) is 0 Å². The van der Waals surface area contributed by atoms with Gasteiger partial charge in [-0.25, -0.2) is 8.78 Å². The van der Waals surface area contributed by atoms with E-state index in [9.17, 15) is 8.78 Å². The SMILES string of the molecule is CC1CN(Cc2c(F)ccc(Br)c2F)C(C)(C2CC2)CN1. The molecule has 0 radical (unpaired) electrons. The summed E-state index contributed by atoms with van der Waals surface area (Å²) in [6.07, 6.45) is 2.43. The highest BCUT2D eigenvalue weighted by Crippen LogP contribution is 2.44. The number of halogens is 3. The Bertz CT molecular complexity index is 547. The monoisotopic (exact) mass is 358 g/mol. The molecule has 0 bridgehead atoms. The molecule has 3 rings (SSSR count). The Labute approximate surface area is 133 Å². The second-order valence-electron chi connectivity index (χ2n) is 6.62. The van der Waals surface area contributed by atoms with Crippen molar-refractivity contribution in [3.8, 4) is 0 Å². The Morgan fingerprint density at radius 1 is 1.38 bits per heavy atom. The maximum Gasteiger partial charge on any atom is 0.144 e. The zero-order chi connectivity index (χ0) is 15.2. The van der Waals surface area contributed by atoms with Crippen molar-refractivity contribution in [3.05, 3.63) is 33.8 Å². The molecule has 0 amide bonds. The zero-order valence-electron chi connectivity index (χ0n) is 12.4. The first kappa shape index (κ1) is 15.4. The fourth-order valence-corrected chi connectivity index (χ4v) is 3.73. The van der Waals surface area contributed by atoms with Crippen molar-refractivity contribution in [2.75, 3.05) is 13.1 Å². The molecule has 2 atom stereocenters. The van der Waals surface area contributed by atoms with Gasteiger partial charge in [-0.15, -0.1) is 0 Å². The molecule has 116 valence electrons. The minimum Gasteiger partial charge on any atom is -0.311 e. The molecular formula is C16H21BrF2N2. The topological polar surface area (TPSA) is 15.3 Å². The van der Waals surface area contributed by atoms with Crippen molar-refractivity contribution >= 4 is 15.9 Å². The summed E-state index contributed by atoms with van der Waals surface area (Å²) in [6, 6.07) is 3.10. The van der Waals surface area contributed by atoms with E-state index < -0.39 is 11.6 Å². The van der Waals surface area contributed by atoms with Gasteiger partial charge < -0.3 is 5.32 Å². The van der Waals surface area contributed by atoms with Gasteiger partial charge in [0.25, 0.3) is 0 Å². The van der Waals surface area contributed by atoms with Gasteiger partial charge in [-0.05, 0) is 60.7 Å². The van der Waals surface area contributed by atoms with Gasteiger partial charge in [0.05, 0.1) is 4.47 Å². The molecule has 5 heteroatoms. The normalized spacial score (nSPS) is 30.6. The number of hydrogen-bond donors (Lipinski definition) is 1. The molecule has 21 heavy (non-hydrogen) atoms. The van der Waals surface area contributed by atoms with Gasteiger partial charge in [0.2, 0.25) is 0 Å². The molecule has 1 aromatic carbocycles. The molecule has 1 aliphatic heterocycles. The van der Waals surface area contributed by atoms with Crippen LogP contribution < -0.4 is 5.32 Å². The van der Waals surface area contributed by atoms with Crippen molar-refractivity contribution in [3.63, 3.8) is 0 Å². The summed E-state index contributed by atoms with van der Waals surface area (Å²) in [4.78, 5) is 2.26. The molecule has 1 aromatic rings. The molecule has 2 fully saturated rings. The minimum atomic E-state index is -0.473. The van der Waals surface area contributed by atoms with E-state index in [4.69, 9.17) is 0 Å². The number of piperazine rings is 1. The van der Waals surface area contributed by atoms with E-state index in [1.807, 2.05) is 0 Å². The van der Waals surface area contributed by atoms with E-state index in [0.29, 0.717) is 23.0 Å². The van der Waals surface area contributed by atoms with Crippen molar-refractivity contribution < 1.29 is 8.78 Å². The van der Waals surface area contributed by atoms with Crippen LogP contribution in [0.25, 0.3) is 0 Å². The molecule has 1 saturated carbocycles. The van der Waals surface area contributed by atoms with Crippen molar-refractivity contribution in [1.29, 1.82) is 0 Å². The first-order valence-electron chi connectivity index (χ1n) is 7.52. The van der Waals surface area contributed by atoms with Gasteiger partial charge in [-0.3, -0.25) is 4.90 Å². The first-order valence-corrected chi connectivity index (χ1v) is 8.32. The van der Waals surface area contributed by atoms with E-state index >= 15 is 0 Å². The van der Waals surface area contributed by atoms with Gasteiger partial charge in [0.1, 0.15) is 11.6 Å². The Balaban J connectivity index is 1.89. The predicted molar refractivity (Wildman–Crippen MR) is 83.1 cm³/mol. The Morgan fingerprint density at radius 3 is 2.76 bits per heavy atom. The summed E-state index contributed by atoms with van der Waals surface area (Å²) < 4.78 is 28.6. The third-order valence-corrected chi connectivity index (χ3v) is 5.58. The van der Waals surface area contributed by atoms with Crippen molar-refractivity contribution in [1.82, 2.24) is 10.2 Å². The maximum absolute atomic E-state index is 14.3. The zero-order valence-corrected chi connectivity index (χ0v) is 14.0. The van der Waals surface area contributed by atoms with Crippen LogP contribution in [0.2, 0.25) is 0 Å². The summed E-state index contributed by atoms with van der Waals surface area (Å²) in [5, 5.41) is 3.51. The smallest absolute Gasteiger partial charge is 0.144 e. The summed E-state index contributed by atoms with van der Waals surface area (Å²) in [5.41, 5.74) is 0.165. The number of nitrogens with one attached hydrogen (secondary N) is 1. The molecule has 2 unspecified atom stereocenters. The molecule has 2 nitrogen and oxygen atoms in total. The minimum absolute atomic E-state index is 0.00624. The van der Waals surface area contributed by atoms with E-state index in [-0.39, 0.29) is 11.1 Å². The third-order valence-electron chi connectivity index (χ3n) is 4.97. The average molecular weight is 359 g/mol. The molecule has 1 saturated heterocycles. The van der Waals surface area contributed by atoms with Crippen molar-refractivity contribution in [2.24, 2.45) is 5.92 Å². The molecule has 2 aliphatic rings. The second-order valence-corrected chi connectivity index (χ2v) is 7.47.